The average molecular weight is 328 g/mol. The van der Waals surface area contributed by atoms with E-state index in [0.29, 0.717) is 17.8 Å². The van der Waals surface area contributed by atoms with Gasteiger partial charge in [-0.15, -0.1) is 0 Å². The molecule has 0 aliphatic rings. The highest BCUT2D eigenvalue weighted by Gasteiger charge is 2.18. The average Bonchev–Trinajstić information content (AvgIpc) is 2.56. The fraction of sp³-hybridized carbons (Fsp3) is 0.263. The van der Waals surface area contributed by atoms with E-state index in [0.717, 1.165) is 5.56 Å². The number of rotatable bonds is 6. The van der Waals surface area contributed by atoms with Crippen molar-refractivity contribution in [1.29, 1.82) is 0 Å². The molecule has 2 aromatic rings. The first-order valence-corrected chi connectivity index (χ1v) is 7.73. The first-order chi connectivity index (χ1) is 11.4. The summed E-state index contributed by atoms with van der Waals surface area (Å²) in [6, 6.07) is 12.7. The molecule has 1 unspecified atom stereocenters. The quantitative estimate of drug-likeness (QED) is 0.826. The van der Waals surface area contributed by atoms with E-state index in [9.17, 15) is 14.0 Å². The maximum absolute atomic E-state index is 12.9. The second-order valence-electron chi connectivity index (χ2n) is 5.84. The zero-order valence-electron chi connectivity index (χ0n) is 14.0. The summed E-state index contributed by atoms with van der Waals surface area (Å²) in [5.74, 6) is -0.434. The van der Waals surface area contributed by atoms with Crippen molar-refractivity contribution >= 4 is 17.4 Å². The SMILES string of the molecule is CC(=O)c1ccc(NC(=O)C(C)N(C)Cc2ccc(F)cc2)cc1. The summed E-state index contributed by atoms with van der Waals surface area (Å²) in [6.45, 7) is 3.85. The van der Waals surface area contributed by atoms with Crippen LogP contribution in [0.3, 0.4) is 0 Å². The van der Waals surface area contributed by atoms with Crippen LogP contribution in [0.15, 0.2) is 48.5 Å². The molecule has 1 N–H and O–H groups in total. The topological polar surface area (TPSA) is 49.4 Å². The smallest absolute Gasteiger partial charge is 0.241 e. The molecule has 4 nitrogen and oxygen atoms in total. The van der Waals surface area contributed by atoms with Crippen LogP contribution in [0.5, 0.6) is 0 Å². The predicted octanol–water partition coefficient (Wildman–Crippen LogP) is 3.49. The number of halogens is 1. The third-order valence-electron chi connectivity index (χ3n) is 3.94. The number of carbonyl (C=O) groups excluding carboxylic acids is 2. The Balaban J connectivity index is 1.95. The number of hydrogen-bond acceptors (Lipinski definition) is 3. The zero-order valence-corrected chi connectivity index (χ0v) is 14.0. The Labute approximate surface area is 141 Å². The Morgan fingerprint density at radius 1 is 1.08 bits per heavy atom. The third kappa shape index (κ3) is 4.73. The Bertz CT molecular complexity index is 711. The van der Waals surface area contributed by atoms with Crippen LogP contribution in [-0.2, 0) is 11.3 Å². The zero-order chi connectivity index (χ0) is 17.7. The van der Waals surface area contributed by atoms with Crippen molar-refractivity contribution in [1.82, 2.24) is 4.90 Å². The van der Waals surface area contributed by atoms with Crippen LogP contribution in [0.1, 0.15) is 29.8 Å². The van der Waals surface area contributed by atoms with Crippen LogP contribution in [0.2, 0.25) is 0 Å². The standard InChI is InChI=1S/C19H21FN2O2/c1-13(22(3)12-15-4-8-17(20)9-5-15)19(24)21-18-10-6-16(7-11-18)14(2)23/h4-11,13H,12H2,1-3H3,(H,21,24). The highest BCUT2D eigenvalue weighted by Crippen LogP contribution is 2.13. The molecule has 0 saturated heterocycles. The van der Waals surface area contributed by atoms with E-state index in [2.05, 4.69) is 5.32 Å². The maximum atomic E-state index is 12.9. The number of likely N-dealkylation sites (N-methyl/N-ethyl adjacent to an activating group) is 1. The molecule has 0 heterocycles. The molecular weight excluding hydrogens is 307 g/mol. The van der Waals surface area contributed by atoms with Crippen LogP contribution < -0.4 is 5.32 Å². The van der Waals surface area contributed by atoms with E-state index in [1.165, 1.54) is 19.1 Å². The van der Waals surface area contributed by atoms with Crippen molar-refractivity contribution in [3.8, 4) is 0 Å². The second kappa shape index (κ2) is 7.84. The minimum absolute atomic E-state index is 0.0136. The van der Waals surface area contributed by atoms with E-state index in [-0.39, 0.29) is 23.5 Å². The van der Waals surface area contributed by atoms with Crippen LogP contribution >= 0.6 is 0 Å². The second-order valence-corrected chi connectivity index (χ2v) is 5.84. The summed E-state index contributed by atoms with van der Waals surface area (Å²) in [5, 5.41) is 2.83. The molecule has 0 aliphatic carbocycles. The largest absolute Gasteiger partial charge is 0.325 e. The van der Waals surface area contributed by atoms with Crippen LogP contribution in [0, 0.1) is 5.82 Å². The number of anilines is 1. The first-order valence-electron chi connectivity index (χ1n) is 7.73. The van der Waals surface area contributed by atoms with Crippen molar-refractivity contribution in [3.05, 3.63) is 65.5 Å². The Kier molecular flexibility index (Phi) is 5.82. The number of Topliss-reactive ketones (excluding diaryl/α,β-unsaturated/α-hetero) is 1. The Hall–Kier alpha value is -2.53. The summed E-state index contributed by atoms with van der Waals surface area (Å²) in [6.07, 6.45) is 0. The number of hydrogen-bond donors (Lipinski definition) is 1. The Morgan fingerprint density at radius 2 is 1.67 bits per heavy atom. The van der Waals surface area contributed by atoms with Gasteiger partial charge >= 0.3 is 0 Å². The summed E-state index contributed by atoms with van der Waals surface area (Å²) in [5.41, 5.74) is 2.19. The van der Waals surface area contributed by atoms with Crippen LogP contribution in [-0.4, -0.2) is 29.7 Å². The molecule has 126 valence electrons. The molecule has 5 heteroatoms. The third-order valence-corrected chi connectivity index (χ3v) is 3.94. The number of nitrogens with zero attached hydrogens (tertiary/aromatic N) is 1. The molecule has 24 heavy (non-hydrogen) atoms. The van der Waals surface area contributed by atoms with Gasteiger partial charge in [0.1, 0.15) is 5.82 Å². The van der Waals surface area contributed by atoms with Gasteiger partial charge in [-0.25, -0.2) is 4.39 Å². The van der Waals surface area contributed by atoms with Gasteiger partial charge in [-0.2, -0.15) is 0 Å². The van der Waals surface area contributed by atoms with Crippen molar-refractivity contribution < 1.29 is 14.0 Å². The normalized spacial score (nSPS) is 12.0. The molecule has 0 aliphatic heterocycles. The van der Waals surface area contributed by atoms with Crippen LogP contribution in [0.25, 0.3) is 0 Å². The van der Waals surface area contributed by atoms with Gasteiger partial charge in [0.15, 0.2) is 5.78 Å². The molecule has 2 aromatic carbocycles. The van der Waals surface area contributed by atoms with Gasteiger partial charge in [-0.3, -0.25) is 14.5 Å². The van der Waals surface area contributed by atoms with E-state index < -0.39 is 0 Å². The summed E-state index contributed by atoms with van der Waals surface area (Å²) in [4.78, 5) is 25.5. The highest BCUT2D eigenvalue weighted by molar-refractivity contribution is 5.96. The van der Waals surface area contributed by atoms with Crippen molar-refractivity contribution in [2.45, 2.75) is 26.4 Å². The lowest BCUT2D eigenvalue weighted by atomic mass is 10.1. The molecule has 0 spiro atoms. The molecule has 0 aromatic heterocycles. The molecule has 0 saturated carbocycles. The lowest BCUT2D eigenvalue weighted by Gasteiger charge is -2.24. The molecule has 1 atom stereocenters. The molecular formula is C19H21FN2O2. The minimum atomic E-state index is -0.359. The summed E-state index contributed by atoms with van der Waals surface area (Å²) >= 11 is 0. The Morgan fingerprint density at radius 3 is 2.21 bits per heavy atom. The van der Waals surface area contributed by atoms with Gasteiger partial charge in [0.05, 0.1) is 6.04 Å². The lowest BCUT2D eigenvalue weighted by Crippen LogP contribution is -2.39. The van der Waals surface area contributed by atoms with Crippen molar-refractivity contribution in [3.63, 3.8) is 0 Å². The van der Waals surface area contributed by atoms with Gasteiger partial charge in [0, 0.05) is 17.8 Å². The fourth-order valence-electron chi connectivity index (χ4n) is 2.25. The maximum Gasteiger partial charge on any atom is 0.241 e. The first kappa shape index (κ1) is 17.8. The summed E-state index contributed by atoms with van der Waals surface area (Å²) in [7, 11) is 1.84. The molecule has 0 radical (unpaired) electrons. The molecule has 1 amide bonds. The van der Waals surface area contributed by atoms with E-state index >= 15 is 0 Å². The van der Waals surface area contributed by atoms with E-state index in [4.69, 9.17) is 0 Å². The number of ketones is 1. The minimum Gasteiger partial charge on any atom is -0.325 e. The number of carbonyl (C=O) groups is 2. The van der Waals surface area contributed by atoms with Gasteiger partial charge in [0.2, 0.25) is 5.91 Å². The molecule has 0 fully saturated rings. The molecule has 0 bridgehead atoms. The number of nitrogens with one attached hydrogen (secondary N) is 1. The van der Waals surface area contributed by atoms with Crippen LogP contribution in [0.4, 0.5) is 10.1 Å². The van der Waals surface area contributed by atoms with Gasteiger partial charge in [-0.1, -0.05) is 12.1 Å². The number of amides is 1. The summed E-state index contributed by atoms with van der Waals surface area (Å²) < 4.78 is 12.9. The van der Waals surface area contributed by atoms with E-state index in [1.54, 1.807) is 36.4 Å². The monoisotopic (exact) mass is 328 g/mol. The highest BCUT2D eigenvalue weighted by atomic mass is 19.1. The molecule has 2 rings (SSSR count). The predicted molar refractivity (Wildman–Crippen MR) is 92.4 cm³/mol. The number of benzene rings is 2. The van der Waals surface area contributed by atoms with Gasteiger partial charge in [-0.05, 0) is 62.9 Å². The van der Waals surface area contributed by atoms with Gasteiger partial charge < -0.3 is 5.32 Å². The van der Waals surface area contributed by atoms with Crippen molar-refractivity contribution in [2.24, 2.45) is 0 Å². The lowest BCUT2D eigenvalue weighted by molar-refractivity contribution is -0.120. The van der Waals surface area contributed by atoms with E-state index in [1.807, 2.05) is 18.9 Å². The van der Waals surface area contributed by atoms with Gasteiger partial charge in [0.25, 0.3) is 0 Å². The fourth-order valence-corrected chi connectivity index (χ4v) is 2.25. The van der Waals surface area contributed by atoms with Crippen molar-refractivity contribution in [2.75, 3.05) is 12.4 Å².